The highest BCUT2D eigenvalue weighted by molar-refractivity contribution is 7.90. The van der Waals surface area contributed by atoms with Crippen LogP contribution in [0.4, 0.5) is 0 Å². The van der Waals surface area contributed by atoms with E-state index in [2.05, 4.69) is 0 Å². The maximum Gasteiger partial charge on any atom is 0.179 e. The van der Waals surface area contributed by atoms with Crippen molar-refractivity contribution in [2.45, 2.75) is 26.8 Å². The third-order valence-corrected chi connectivity index (χ3v) is 4.22. The van der Waals surface area contributed by atoms with Gasteiger partial charge in [-0.05, 0) is 26.8 Å². The third-order valence-electron chi connectivity index (χ3n) is 2.89. The summed E-state index contributed by atoms with van der Waals surface area (Å²) in [5.74, 6) is -0.148. The molecule has 0 aromatic carbocycles. The molecule has 0 bridgehead atoms. The number of aromatic nitrogens is 1. The van der Waals surface area contributed by atoms with Crippen molar-refractivity contribution >= 4 is 27.2 Å². The van der Waals surface area contributed by atoms with Crippen molar-refractivity contribution in [1.29, 1.82) is 0 Å². The maximum atomic E-state index is 11.6. The Bertz CT molecular complexity index is 560. The number of nitrogens with zero attached hydrogens (tertiary/aromatic N) is 1. The summed E-state index contributed by atoms with van der Waals surface area (Å²) in [7, 11) is -3.05. The summed E-state index contributed by atoms with van der Waals surface area (Å²) in [5, 5.41) is 0. The molecule has 0 aliphatic rings. The highest BCUT2D eigenvalue weighted by Gasteiger charge is 2.20. The summed E-state index contributed by atoms with van der Waals surface area (Å²) in [6, 6.07) is 1.57. The molecular weight excluding hydrogens is 274 g/mol. The minimum Gasteiger partial charge on any atom is -0.345 e. The van der Waals surface area contributed by atoms with Gasteiger partial charge in [0.05, 0.1) is 11.6 Å². The lowest BCUT2D eigenvalue weighted by Gasteiger charge is -2.17. The Balaban J connectivity index is 3.18. The van der Waals surface area contributed by atoms with Gasteiger partial charge < -0.3 is 4.57 Å². The number of hydrogen-bond donors (Lipinski definition) is 0. The van der Waals surface area contributed by atoms with Gasteiger partial charge in [0.1, 0.15) is 9.84 Å². The van der Waals surface area contributed by atoms with E-state index >= 15 is 0 Å². The fourth-order valence-corrected chi connectivity index (χ4v) is 3.49. The Hall–Kier alpha value is -0.810. The van der Waals surface area contributed by atoms with Crippen molar-refractivity contribution in [1.82, 2.24) is 4.57 Å². The SMILES string of the molecule is Cc1cc(C(=O)CCl)c(C)n1C(C)CS(C)(=O)=O. The van der Waals surface area contributed by atoms with Crippen LogP contribution >= 0.6 is 11.6 Å². The van der Waals surface area contributed by atoms with E-state index in [4.69, 9.17) is 11.6 Å². The quantitative estimate of drug-likeness (QED) is 0.617. The Kier molecular flexibility index (Phi) is 4.61. The standard InChI is InChI=1S/C12H18ClNO3S/c1-8-5-11(12(15)6-13)10(3)14(8)9(2)7-18(4,16)17/h5,9H,6-7H2,1-4H3. The summed E-state index contributed by atoms with van der Waals surface area (Å²) in [5.41, 5.74) is 2.22. The minimum atomic E-state index is -3.05. The first-order valence-corrected chi connectivity index (χ1v) is 8.22. The van der Waals surface area contributed by atoms with Crippen molar-refractivity contribution in [3.63, 3.8) is 0 Å². The van der Waals surface area contributed by atoms with Crippen LogP contribution in [0.1, 0.15) is 34.7 Å². The van der Waals surface area contributed by atoms with Crippen LogP contribution in [-0.2, 0) is 9.84 Å². The van der Waals surface area contributed by atoms with Crippen LogP contribution in [0.3, 0.4) is 0 Å². The fraction of sp³-hybridized carbons (Fsp3) is 0.583. The minimum absolute atomic E-state index is 0.0534. The van der Waals surface area contributed by atoms with E-state index in [1.807, 2.05) is 25.3 Å². The van der Waals surface area contributed by atoms with Gasteiger partial charge in [-0.1, -0.05) is 0 Å². The molecule has 0 aliphatic heterocycles. The molecule has 1 unspecified atom stereocenters. The van der Waals surface area contributed by atoms with Gasteiger partial charge in [-0.25, -0.2) is 8.42 Å². The lowest BCUT2D eigenvalue weighted by atomic mass is 10.2. The molecule has 18 heavy (non-hydrogen) atoms. The van der Waals surface area contributed by atoms with Crippen molar-refractivity contribution in [2.75, 3.05) is 17.9 Å². The van der Waals surface area contributed by atoms with Gasteiger partial charge in [-0.2, -0.15) is 0 Å². The molecule has 102 valence electrons. The molecule has 0 radical (unpaired) electrons. The van der Waals surface area contributed by atoms with Gasteiger partial charge in [-0.3, -0.25) is 4.79 Å². The summed E-state index contributed by atoms with van der Waals surface area (Å²) in [6.07, 6.45) is 1.21. The molecule has 1 aromatic rings. The number of hydrogen-bond acceptors (Lipinski definition) is 3. The van der Waals surface area contributed by atoms with Crippen LogP contribution in [0.25, 0.3) is 0 Å². The topological polar surface area (TPSA) is 56.1 Å². The van der Waals surface area contributed by atoms with E-state index in [-0.39, 0.29) is 23.5 Å². The summed E-state index contributed by atoms with van der Waals surface area (Å²) in [6.45, 7) is 5.50. The number of rotatable bonds is 5. The van der Waals surface area contributed by atoms with Crippen LogP contribution in [0.2, 0.25) is 0 Å². The van der Waals surface area contributed by atoms with Gasteiger partial charge in [0.2, 0.25) is 0 Å². The molecule has 0 saturated carbocycles. The molecule has 1 rings (SSSR count). The summed E-state index contributed by atoms with van der Waals surface area (Å²) >= 11 is 5.55. The maximum absolute atomic E-state index is 11.6. The van der Waals surface area contributed by atoms with Crippen LogP contribution in [0.15, 0.2) is 6.07 Å². The Morgan fingerprint density at radius 1 is 1.44 bits per heavy atom. The van der Waals surface area contributed by atoms with Gasteiger partial charge in [0.25, 0.3) is 0 Å². The lowest BCUT2D eigenvalue weighted by molar-refractivity contribution is 0.102. The lowest BCUT2D eigenvalue weighted by Crippen LogP contribution is -2.18. The molecule has 1 atom stereocenters. The molecule has 4 nitrogen and oxygen atoms in total. The molecular formula is C12H18ClNO3S. The molecule has 0 saturated heterocycles. The number of halogens is 1. The largest absolute Gasteiger partial charge is 0.345 e. The number of aryl methyl sites for hydroxylation is 1. The zero-order valence-corrected chi connectivity index (χ0v) is 12.6. The number of ketones is 1. The van der Waals surface area contributed by atoms with E-state index in [0.717, 1.165) is 11.4 Å². The predicted octanol–water partition coefficient (Wildman–Crippen LogP) is 2.13. The first-order valence-electron chi connectivity index (χ1n) is 5.62. The number of carbonyl (C=O) groups excluding carboxylic acids is 1. The second kappa shape index (κ2) is 5.45. The number of carbonyl (C=O) groups is 1. The van der Waals surface area contributed by atoms with E-state index in [1.165, 1.54) is 6.26 Å². The van der Waals surface area contributed by atoms with E-state index in [9.17, 15) is 13.2 Å². The van der Waals surface area contributed by atoms with Crippen molar-refractivity contribution < 1.29 is 13.2 Å². The monoisotopic (exact) mass is 291 g/mol. The van der Waals surface area contributed by atoms with Crippen LogP contribution in [-0.4, -0.2) is 36.7 Å². The van der Waals surface area contributed by atoms with Gasteiger partial charge in [0.15, 0.2) is 5.78 Å². The molecule has 1 aromatic heterocycles. The first kappa shape index (κ1) is 15.2. The van der Waals surface area contributed by atoms with Crippen LogP contribution < -0.4 is 0 Å². The zero-order chi connectivity index (χ0) is 14.1. The van der Waals surface area contributed by atoms with Gasteiger partial charge in [0, 0.05) is 29.2 Å². The van der Waals surface area contributed by atoms with Gasteiger partial charge >= 0.3 is 0 Å². The number of Topliss-reactive ketones (excluding diaryl/α,β-unsaturated/α-hetero) is 1. The highest BCUT2D eigenvalue weighted by atomic mass is 35.5. The fourth-order valence-electron chi connectivity index (χ4n) is 2.32. The van der Waals surface area contributed by atoms with Gasteiger partial charge in [-0.15, -0.1) is 11.6 Å². The van der Waals surface area contributed by atoms with Crippen LogP contribution in [0, 0.1) is 13.8 Å². The molecule has 0 aliphatic carbocycles. The Morgan fingerprint density at radius 3 is 2.44 bits per heavy atom. The Labute approximate surface area is 113 Å². The molecule has 0 amide bonds. The summed E-state index contributed by atoms with van der Waals surface area (Å²) < 4.78 is 24.5. The smallest absolute Gasteiger partial charge is 0.179 e. The second-order valence-electron chi connectivity index (χ2n) is 4.65. The third kappa shape index (κ3) is 3.36. The highest BCUT2D eigenvalue weighted by Crippen LogP contribution is 2.22. The number of sulfone groups is 1. The second-order valence-corrected chi connectivity index (χ2v) is 7.11. The number of alkyl halides is 1. The zero-order valence-electron chi connectivity index (χ0n) is 11.0. The first-order chi connectivity index (χ1) is 8.17. The Morgan fingerprint density at radius 2 is 2.00 bits per heavy atom. The van der Waals surface area contributed by atoms with E-state index in [1.54, 1.807) is 6.07 Å². The van der Waals surface area contributed by atoms with Crippen LogP contribution in [0.5, 0.6) is 0 Å². The van der Waals surface area contributed by atoms with Crippen molar-refractivity contribution in [3.05, 3.63) is 23.0 Å². The van der Waals surface area contributed by atoms with E-state index in [0.29, 0.717) is 5.56 Å². The molecule has 0 fully saturated rings. The molecule has 0 N–H and O–H groups in total. The van der Waals surface area contributed by atoms with Crippen molar-refractivity contribution in [2.24, 2.45) is 0 Å². The average Bonchev–Trinajstić information content (AvgIpc) is 2.50. The predicted molar refractivity (Wildman–Crippen MR) is 73.4 cm³/mol. The molecule has 6 heteroatoms. The molecule has 0 spiro atoms. The summed E-state index contributed by atoms with van der Waals surface area (Å²) in [4.78, 5) is 11.6. The van der Waals surface area contributed by atoms with E-state index < -0.39 is 9.84 Å². The normalized spacial score (nSPS) is 13.6. The average molecular weight is 292 g/mol. The van der Waals surface area contributed by atoms with Crippen molar-refractivity contribution in [3.8, 4) is 0 Å². The molecule has 1 heterocycles.